The Hall–Kier alpha value is -3.49. The molecule has 9 heteroatoms. The second kappa shape index (κ2) is 7.63. The molecule has 146 valence electrons. The van der Waals surface area contributed by atoms with Crippen LogP contribution < -0.4 is 15.6 Å². The molecule has 0 aliphatic heterocycles. The molecule has 1 heterocycles. The van der Waals surface area contributed by atoms with Crippen LogP contribution in [0.2, 0.25) is 0 Å². The zero-order valence-electron chi connectivity index (χ0n) is 14.6. The molecule has 2 N–H and O–H groups in total. The van der Waals surface area contributed by atoms with E-state index in [9.17, 15) is 22.8 Å². The van der Waals surface area contributed by atoms with Gasteiger partial charge in [-0.25, -0.2) is 0 Å². The highest BCUT2D eigenvalue weighted by atomic mass is 19.4. The first-order chi connectivity index (χ1) is 13.3. The van der Waals surface area contributed by atoms with Gasteiger partial charge in [0, 0.05) is 10.9 Å². The van der Waals surface area contributed by atoms with Gasteiger partial charge in [-0.1, -0.05) is 30.3 Å². The standard InChI is InChI=1S/C19H15F3N2O4/c1-11-12-6-2-4-8-14(12)28-17(11)18(26)24-23-16(25)10-27-15-9-5-3-7-13(15)19(20,21)22/h2-9H,10H2,1H3,(H,23,25)(H,24,26). The summed E-state index contributed by atoms with van der Waals surface area (Å²) in [6, 6.07) is 11.6. The van der Waals surface area contributed by atoms with E-state index in [1.54, 1.807) is 31.2 Å². The summed E-state index contributed by atoms with van der Waals surface area (Å²) >= 11 is 0. The van der Waals surface area contributed by atoms with Gasteiger partial charge in [0.05, 0.1) is 5.56 Å². The summed E-state index contributed by atoms with van der Waals surface area (Å²) < 4.78 is 49.1. The van der Waals surface area contributed by atoms with E-state index in [2.05, 4.69) is 10.9 Å². The molecule has 0 saturated carbocycles. The lowest BCUT2D eigenvalue weighted by atomic mass is 10.1. The molecule has 0 atom stereocenters. The molecule has 0 fully saturated rings. The molecule has 0 unspecified atom stereocenters. The second-order valence-electron chi connectivity index (χ2n) is 5.84. The lowest BCUT2D eigenvalue weighted by Crippen LogP contribution is -2.44. The number of benzene rings is 2. The van der Waals surface area contributed by atoms with Crippen molar-refractivity contribution in [2.45, 2.75) is 13.1 Å². The van der Waals surface area contributed by atoms with Gasteiger partial charge in [0.15, 0.2) is 12.4 Å². The molecular formula is C19H15F3N2O4. The van der Waals surface area contributed by atoms with Crippen LogP contribution in [0.5, 0.6) is 5.75 Å². The number of fused-ring (bicyclic) bond motifs is 1. The highest BCUT2D eigenvalue weighted by molar-refractivity contribution is 5.99. The molecule has 2 amide bonds. The Balaban J connectivity index is 1.59. The van der Waals surface area contributed by atoms with Crippen LogP contribution in [0.15, 0.2) is 52.9 Å². The average Bonchev–Trinajstić information content (AvgIpc) is 3.01. The number of ether oxygens (including phenoxy) is 1. The maximum absolute atomic E-state index is 12.9. The van der Waals surface area contributed by atoms with Gasteiger partial charge in [-0.2, -0.15) is 13.2 Å². The van der Waals surface area contributed by atoms with Crippen LogP contribution in [0.4, 0.5) is 13.2 Å². The highest BCUT2D eigenvalue weighted by Gasteiger charge is 2.34. The Labute approximate surface area is 157 Å². The van der Waals surface area contributed by atoms with Crippen LogP contribution in [-0.4, -0.2) is 18.4 Å². The van der Waals surface area contributed by atoms with Gasteiger partial charge < -0.3 is 9.15 Å². The smallest absolute Gasteiger partial charge is 0.419 e. The minimum absolute atomic E-state index is 0.0184. The minimum Gasteiger partial charge on any atom is -0.483 e. The lowest BCUT2D eigenvalue weighted by molar-refractivity contribution is -0.139. The summed E-state index contributed by atoms with van der Waals surface area (Å²) in [6.07, 6.45) is -4.61. The Morgan fingerprint density at radius 1 is 1.04 bits per heavy atom. The summed E-state index contributed by atoms with van der Waals surface area (Å²) in [5, 5.41) is 0.756. The quantitative estimate of drug-likeness (QED) is 0.665. The van der Waals surface area contributed by atoms with Crippen molar-refractivity contribution in [1.29, 1.82) is 0 Å². The Kier molecular flexibility index (Phi) is 5.25. The van der Waals surface area contributed by atoms with Crippen molar-refractivity contribution in [3.05, 3.63) is 65.4 Å². The molecule has 2 aromatic carbocycles. The molecule has 0 spiro atoms. The van der Waals surface area contributed by atoms with Crippen LogP contribution in [-0.2, 0) is 11.0 Å². The molecule has 0 aliphatic carbocycles. The number of hydrazine groups is 1. The number of nitrogens with one attached hydrogen (secondary N) is 2. The van der Waals surface area contributed by atoms with Crippen LogP contribution in [0.25, 0.3) is 11.0 Å². The number of hydrogen-bond acceptors (Lipinski definition) is 4. The Bertz CT molecular complexity index is 1030. The highest BCUT2D eigenvalue weighted by Crippen LogP contribution is 2.35. The van der Waals surface area contributed by atoms with E-state index < -0.39 is 35.9 Å². The predicted octanol–water partition coefficient (Wildman–Crippen LogP) is 3.60. The van der Waals surface area contributed by atoms with Crippen molar-refractivity contribution >= 4 is 22.8 Å². The number of carbonyl (C=O) groups is 2. The Morgan fingerprint density at radius 3 is 2.43 bits per heavy atom. The fraction of sp³-hybridized carbons (Fsp3) is 0.158. The number of furan rings is 1. The van der Waals surface area contributed by atoms with Crippen LogP contribution >= 0.6 is 0 Å². The van der Waals surface area contributed by atoms with E-state index in [-0.39, 0.29) is 5.76 Å². The molecule has 6 nitrogen and oxygen atoms in total. The first kappa shape index (κ1) is 19.3. The number of para-hydroxylation sites is 2. The van der Waals surface area contributed by atoms with E-state index in [0.29, 0.717) is 11.1 Å². The summed E-state index contributed by atoms with van der Waals surface area (Å²) in [6.45, 7) is 0.978. The number of hydrogen-bond donors (Lipinski definition) is 2. The monoisotopic (exact) mass is 392 g/mol. The maximum Gasteiger partial charge on any atom is 0.419 e. The van der Waals surface area contributed by atoms with E-state index >= 15 is 0 Å². The van der Waals surface area contributed by atoms with Crippen molar-refractivity contribution in [3.63, 3.8) is 0 Å². The van der Waals surface area contributed by atoms with E-state index in [1.165, 1.54) is 12.1 Å². The van der Waals surface area contributed by atoms with Gasteiger partial charge >= 0.3 is 12.1 Å². The molecule has 1 aromatic heterocycles. The molecule has 28 heavy (non-hydrogen) atoms. The number of rotatable bonds is 4. The third kappa shape index (κ3) is 4.08. The molecule has 0 aliphatic rings. The van der Waals surface area contributed by atoms with E-state index in [1.807, 2.05) is 0 Å². The van der Waals surface area contributed by atoms with Crippen LogP contribution in [0.3, 0.4) is 0 Å². The fourth-order valence-electron chi connectivity index (χ4n) is 2.58. The van der Waals surface area contributed by atoms with Gasteiger partial charge in [-0.05, 0) is 25.1 Å². The minimum atomic E-state index is -4.61. The van der Waals surface area contributed by atoms with E-state index in [0.717, 1.165) is 17.5 Å². The number of halogens is 3. The van der Waals surface area contributed by atoms with Gasteiger partial charge in [-0.3, -0.25) is 20.4 Å². The van der Waals surface area contributed by atoms with E-state index in [4.69, 9.17) is 9.15 Å². The SMILES string of the molecule is Cc1c(C(=O)NNC(=O)COc2ccccc2C(F)(F)F)oc2ccccc12. The van der Waals surface area contributed by atoms with Crippen molar-refractivity contribution in [2.24, 2.45) is 0 Å². The lowest BCUT2D eigenvalue weighted by Gasteiger charge is -2.13. The topological polar surface area (TPSA) is 80.6 Å². The average molecular weight is 392 g/mol. The largest absolute Gasteiger partial charge is 0.483 e. The molecule has 3 rings (SSSR count). The molecule has 3 aromatic rings. The van der Waals surface area contributed by atoms with Gasteiger partial charge in [0.25, 0.3) is 5.91 Å². The summed E-state index contributed by atoms with van der Waals surface area (Å²) in [7, 11) is 0. The summed E-state index contributed by atoms with van der Waals surface area (Å²) in [5.74, 6) is -1.99. The normalized spacial score (nSPS) is 11.3. The Morgan fingerprint density at radius 2 is 1.71 bits per heavy atom. The zero-order chi connectivity index (χ0) is 20.3. The van der Waals surface area contributed by atoms with Gasteiger partial charge in [0.1, 0.15) is 11.3 Å². The predicted molar refractivity (Wildman–Crippen MR) is 93.5 cm³/mol. The first-order valence-corrected chi connectivity index (χ1v) is 8.13. The number of alkyl halides is 3. The molecule has 0 saturated heterocycles. The van der Waals surface area contributed by atoms with Gasteiger partial charge in [-0.15, -0.1) is 0 Å². The summed E-state index contributed by atoms with van der Waals surface area (Å²) in [5.41, 5.74) is 4.34. The van der Waals surface area contributed by atoms with Crippen LogP contribution in [0, 0.1) is 6.92 Å². The number of amides is 2. The second-order valence-corrected chi connectivity index (χ2v) is 5.84. The third-order valence-electron chi connectivity index (χ3n) is 3.92. The van der Waals surface area contributed by atoms with Crippen molar-refractivity contribution < 1.29 is 31.9 Å². The number of carbonyl (C=O) groups excluding carboxylic acids is 2. The van der Waals surface area contributed by atoms with Crippen molar-refractivity contribution in [3.8, 4) is 5.75 Å². The maximum atomic E-state index is 12.9. The zero-order valence-corrected chi connectivity index (χ0v) is 14.6. The third-order valence-corrected chi connectivity index (χ3v) is 3.92. The molecular weight excluding hydrogens is 377 g/mol. The van der Waals surface area contributed by atoms with Crippen molar-refractivity contribution in [2.75, 3.05) is 6.61 Å². The van der Waals surface area contributed by atoms with Crippen LogP contribution in [0.1, 0.15) is 21.7 Å². The summed E-state index contributed by atoms with van der Waals surface area (Å²) in [4.78, 5) is 24.0. The number of aryl methyl sites for hydroxylation is 1. The molecule has 0 radical (unpaired) electrons. The van der Waals surface area contributed by atoms with Crippen molar-refractivity contribution in [1.82, 2.24) is 10.9 Å². The molecule has 0 bridgehead atoms. The fourth-order valence-corrected chi connectivity index (χ4v) is 2.58. The van der Waals surface area contributed by atoms with Gasteiger partial charge in [0.2, 0.25) is 0 Å². The first-order valence-electron chi connectivity index (χ1n) is 8.13.